The van der Waals surface area contributed by atoms with Crippen molar-refractivity contribution >= 4 is 5.91 Å². The normalized spacial score (nSPS) is 18.4. The number of amides is 1. The third-order valence-electron chi connectivity index (χ3n) is 7.12. The second-order valence-electron chi connectivity index (χ2n) is 9.51. The number of likely N-dealkylation sites (tertiary alicyclic amines) is 1. The number of piperidine rings is 1. The molecule has 5 heteroatoms. The lowest BCUT2D eigenvalue weighted by Gasteiger charge is -2.34. The fourth-order valence-electron chi connectivity index (χ4n) is 5.23. The highest BCUT2D eigenvalue weighted by Crippen LogP contribution is 2.36. The van der Waals surface area contributed by atoms with Gasteiger partial charge in [-0.1, -0.05) is 35.9 Å². The number of rotatable bonds is 5. The molecule has 0 N–H and O–H groups in total. The van der Waals surface area contributed by atoms with Gasteiger partial charge in [0.2, 0.25) is 5.91 Å². The molecule has 3 heterocycles. The quantitative estimate of drug-likeness (QED) is 0.438. The Labute approximate surface area is 202 Å². The molecular formula is C29H32N4O. The molecule has 0 saturated carbocycles. The second-order valence-corrected chi connectivity index (χ2v) is 9.51. The van der Waals surface area contributed by atoms with Crippen molar-refractivity contribution in [2.24, 2.45) is 0 Å². The molecule has 1 fully saturated rings. The molecule has 1 aromatic carbocycles. The summed E-state index contributed by atoms with van der Waals surface area (Å²) in [4.78, 5) is 29.2. The predicted octanol–water partition coefficient (Wildman–Crippen LogP) is 6.11. The number of benzene rings is 1. The van der Waals surface area contributed by atoms with Crippen LogP contribution in [0.15, 0.2) is 66.6 Å². The third kappa shape index (κ3) is 4.93. The van der Waals surface area contributed by atoms with Gasteiger partial charge in [-0.15, -0.1) is 0 Å². The van der Waals surface area contributed by atoms with Crippen LogP contribution in [0.2, 0.25) is 0 Å². The van der Waals surface area contributed by atoms with Crippen LogP contribution in [0.3, 0.4) is 0 Å². The van der Waals surface area contributed by atoms with E-state index in [1.807, 2.05) is 18.3 Å². The first kappa shape index (κ1) is 22.5. The van der Waals surface area contributed by atoms with Gasteiger partial charge in [-0.2, -0.15) is 0 Å². The van der Waals surface area contributed by atoms with Crippen LogP contribution in [0.1, 0.15) is 62.1 Å². The zero-order chi connectivity index (χ0) is 23.3. The van der Waals surface area contributed by atoms with Crippen LogP contribution in [0, 0.1) is 6.92 Å². The average Bonchev–Trinajstić information content (AvgIpc) is 2.90. The molecular weight excluding hydrogens is 420 g/mol. The fourth-order valence-corrected chi connectivity index (χ4v) is 5.23. The van der Waals surface area contributed by atoms with Gasteiger partial charge < -0.3 is 4.90 Å². The lowest BCUT2D eigenvalue weighted by Crippen LogP contribution is -2.39. The highest BCUT2D eigenvalue weighted by atomic mass is 16.2. The third-order valence-corrected chi connectivity index (χ3v) is 7.12. The monoisotopic (exact) mass is 452 g/mol. The standard InChI is InChI=1S/C29H32N4O/c1-21-8-5-6-12-25(21)26-19-31-29(23-13-15-30-16-14-23)32-28(26)24-11-7-17-33(20-24)27(34)18-22-9-3-2-4-10-22/h5-6,8-9,12-16,19,24H,2-4,7,10-11,17-18,20H2,1H3/t24-/m0/s1. The lowest BCUT2D eigenvalue weighted by molar-refractivity contribution is -0.131. The molecule has 0 radical (unpaired) electrons. The molecule has 1 amide bonds. The van der Waals surface area contributed by atoms with Gasteiger partial charge in [-0.25, -0.2) is 9.97 Å². The van der Waals surface area contributed by atoms with E-state index in [-0.39, 0.29) is 11.8 Å². The van der Waals surface area contributed by atoms with Crippen molar-refractivity contribution in [2.75, 3.05) is 13.1 Å². The molecule has 1 aliphatic heterocycles. The summed E-state index contributed by atoms with van der Waals surface area (Å²) in [7, 11) is 0. The SMILES string of the molecule is Cc1ccccc1-c1cnc(-c2ccncc2)nc1[C@H]1CCCN(C(=O)CC2=CCCCC2)C1. The highest BCUT2D eigenvalue weighted by Gasteiger charge is 2.29. The lowest BCUT2D eigenvalue weighted by atomic mass is 9.88. The number of pyridine rings is 1. The molecule has 3 aromatic rings. The Morgan fingerprint density at radius 2 is 1.91 bits per heavy atom. The second kappa shape index (κ2) is 10.3. The zero-order valence-corrected chi connectivity index (χ0v) is 19.9. The van der Waals surface area contributed by atoms with Crippen LogP contribution in [0.4, 0.5) is 0 Å². The number of nitrogens with zero attached hydrogens (tertiary/aromatic N) is 4. The number of aromatic nitrogens is 3. The number of aryl methyl sites for hydroxylation is 1. The zero-order valence-electron chi connectivity index (χ0n) is 19.9. The molecule has 0 bridgehead atoms. The maximum atomic E-state index is 13.2. The number of hydrogen-bond donors (Lipinski definition) is 0. The summed E-state index contributed by atoms with van der Waals surface area (Å²) < 4.78 is 0. The molecule has 2 aromatic heterocycles. The Morgan fingerprint density at radius 3 is 2.71 bits per heavy atom. The van der Waals surface area contributed by atoms with Gasteiger partial charge in [0.1, 0.15) is 0 Å². The number of carbonyl (C=O) groups excluding carboxylic acids is 1. The first-order chi connectivity index (χ1) is 16.7. The van der Waals surface area contributed by atoms with Crippen molar-refractivity contribution in [2.45, 2.75) is 57.8 Å². The van der Waals surface area contributed by atoms with Crippen LogP contribution in [0.5, 0.6) is 0 Å². The molecule has 1 atom stereocenters. The van der Waals surface area contributed by atoms with Gasteiger partial charge in [-0.3, -0.25) is 9.78 Å². The van der Waals surface area contributed by atoms with Crippen molar-refractivity contribution in [1.29, 1.82) is 0 Å². The summed E-state index contributed by atoms with van der Waals surface area (Å²) in [6, 6.07) is 12.3. The summed E-state index contributed by atoms with van der Waals surface area (Å²) in [6.45, 7) is 3.69. The van der Waals surface area contributed by atoms with E-state index in [2.05, 4.69) is 47.1 Å². The molecule has 34 heavy (non-hydrogen) atoms. The van der Waals surface area contributed by atoms with E-state index in [0.29, 0.717) is 12.2 Å². The van der Waals surface area contributed by atoms with Gasteiger partial charge in [-0.05, 0) is 68.7 Å². The van der Waals surface area contributed by atoms with Gasteiger partial charge >= 0.3 is 0 Å². The molecule has 0 spiro atoms. The van der Waals surface area contributed by atoms with Crippen LogP contribution >= 0.6 is 0 Å². The molecule has 1 aliphatic carbocycles. The molecule has 0 unspecified atom stereocenters. The van der Waals surface area contributed by atoms with Crippen molar-refractivity contribution in [1.82, 2.24) is 19.9 Å². The van der Waals surface area contributed by atoms with E-state index in [0.717, 1.165) is 61.2 Å². The summed E-state index contributed by atoms with van der Waals surface area (Å²) in [5.74, 6) is 1.17. The Morgan fingerprint density at radius 1 is 1.06 bits per heavy atom. The summed E-state index contributed by atoms with van der Waals surface area (Å²) in [5.41, 5.74) is 6.77. The van der Waals surface area contributed by atoms with Gasteiger partial charge in [0, 0.05) is 55.1 Å². The predicted molar refractivity (Wildman–Crippen MR) is 135 cm³/mol. The molecule has 1 saturated heterocycles. The molecule has 5 rings (SSSR count). The van der Waals surface area contributed by atoms with Gasteiger partial charge in [0.05, 0.1) is 5.69 Å². The van der Waals surface area contributed by atoms with E-state index in [9.17, 15) is 4.79 Å². The van der Waals surface area contributed by atoms with E-state index in [1.165, 1.54) is 24.0 Å². The number of hydrogen-bond acceptors (Lipinski definition) is 4. The van der Waals surface area contributed by atoms with Crippen LogP contribution in [-0.4, -0.2) is 38.8 Å². The average molecular weight is 453 g/mol. The first-order valence-corrected chi connectivity index (χ1v) is 12.5. The Balaban J connectivity index is 1.47. The van der Waals surface area contributed by atoms with Gasteiger partial charge in [0.15, 0.2) is 5.82 Å². The highest BCUT2D eigenvalue weighted by molar-refractivity contribution is 5.79. The summed E-state index contributed by atoms with van der Waals surface area (Å²) >= 11 is 0. The minimum absolute atomic E-state index is 0.191. The van der Waals surface area contributed by atoms with Crippen molar-refractivity contribution in [3.8, 4) is 22.5 Å². The van der Waals surface area contributed by atoms with Gasteiger partial charge in [0.25, 0.3) is 0 Å². The summed E-state index contributed by atoms with van der Waals surface area (Å²) in [6.07, 6.45) is 15.0. The Kier molecular flexibility index (Phi) is 6.79. The Hall–Kier alpha value is -3.34. The maximum Gasteiger partial charge on any atom is 0.226 e. The van der Waals surface area contributed by atoms with Crippen LogP contribution in [-0.2, 0) is 4.79 Å². The molecule has 174 valence electrons. The maximum absolute atomic E-state index is 13.2. The molecule has 2 aliphatic rings. The molecule has 5 nitrogen and oxygen atoms in total. The smallest absolute Gasteiger partial charge is 0.226 e. The van der Waals surface area contributed by atoms with E-state index in [4.69, 9.17) is 9.97 Å². The number of allylic oxidation sites excluding steroid dienone is 1. The van der Waals surface area contributed by atoms with Crippen molar-refractivity contribution in [3.63, 3.8) is 0 Å². The van der Waals surface area contributed by atoms with E-state index < -0.39 is 0 Å². The Bertz CT molecular complexity index is 1190. The first-order valence-electron chi connectivity index (χ1n) is 12.5. The van der Waals surface area contributed by atoms with Crippen molar-refractivity contribution in [3.05, 3.63) is 77.9 Å². The number of carbonyl (C=O) groups is 1. The van der Waals surface area contributed by atoms with E-state index >= 15 is 0 Å². The minimum Gasteiger partial charge on any atom is -0.342 e. The fraction of sp³-hybridized carbons (Fsp3) is 0.379. The van der Waals surface area contributed by atoms with Crippen molar-refractivity contribution < 1.29 is 4.79 Å². The van der Waals surface area contributed by atoms with Crippen LogP contribution in [0.25, 0.3) is 22.5 Å². The summed E-state index contributed by atoms with van der Waals surface area (Å²) in [5, 5.41) is 0. The minimum atomic E-state index is 0.191. The van der Waals surface area contributed by atoms with E-state index in [1.54, 1.807) is 12.4 Å². The topological polar surface area (TPSA) is 59.0 Å². The largest absolute Gasteiger partial charge is 0.342 e. The van der Waals surface area contributed by atoms with Crippen LogP contribution < -0.4 is 0 Å².